The summed E-state index contributed by atoms with van der Waals surface area (Å²) in [4.78, 5) is 0. The number of rotatable bonds is 4. The maximum Gasteiger partial charge on any atom is 0.107 e. The van der Waals surface area contributed by atoms with E-state index in [1.807, 2.05) is 60.7 Å². The summed E-state index contributed by atoms with van der Waals surface area (Å²) in [5, 5.41) is 15.6. The molecule has 1 saturated heterocycles. The van der Waals surface area contributed by atoms with Gasteiger partial charge in [0, 0.05) is 18.1 Å². The van der Waals surface area contributed by atoms with Crippen molar-refractivity contribution in [2.75, 3.05) is 13.1 Å². The third-order valence-corrected chi connectivity index (χ3v) is 5.48. The van der Waals surface area contributed by atoms with Gasteiger partial charge in [-0.1, -0.05) is 84.4 Å². The molecule has 0 unspecified atom stereocenters. The Hall–Kier alpha value is -2.13. The van der Waals surface area contributed by atoms with Crippen LogP contribution in [0.1, 0.15) is 16.7 Å². The van der Waals surface area contributed by atoms with Crippen molar-refractivity contribution in [1.82, 2.24) is 5.32 Å². The van der Waals surface area contributed by atoms with Gasteiger partial charge in [-0.25, -0.2) is 0 Å². The van der Waals surface area contributed by atoms with Crippen molar-refractivity contribution >= 4 is 11.6 Å². The lowest BCUT2D eigenvalue weighted by Gasteiger charge is -2.54. The predicted molar refractivity (Wildman–Crippen MR) is 102 cm³/mol. The number of β-amino-alcohol motifs (C(OH)–C–C–N with tert-alkyl or cyclic N) is 1. The summed E-state index contributed by atoms with van der Waals surface area (Å²) in [7, 11) is 0. The molecule has 126 valence electrons. The van der Waals surface area contributed by atoms with Gasteiger partial charge in [-0.2, -0.15) is 0 Å². The molecule has 0 spiro atoms. The van der Waals surface area contributed by atoms with Crippen molar-refractivity contribution in [3.05, 3.63) is 107 Å². The van der Waals surface area contributed by atoms with Crippen molar-refractivity contribution < 1.29 is 5.11 Å². The molecule has 0 saturated carbocycles. The smallest absolute Gasteiger partial charge is 0.107 e. The first-order valence-electron chi connectivity index (χ1n) is 8.47. The lowest BCUT2D eigenvalue weighted by atomic mass is 9.57. The minimum Gasteiger partial charge on any atom is -0.386 e. The van der Waals surface area contributed by atoms with Crippen LogP contribution in [0, 0.1) is 0 Å². The van der Waals surface area contributed by atoms with E-state index in [2.05, 4.69) is 29.6 Å². The van der Waals surface area contributed by atoms with E-state index in [1.165, 1.54) is 0 Å². The summed E-state index contributed by atoms with van der Waals surface area (Å²) < 4.78 is 0. The molecule has 1 aliphatic rings. The first-order valence-corrected chi connectivity index (χ1v) is 8.85. The molecule has 0 bridgehead atoms. The average molecular weight is 350 g/mol. The average Bonchev–Trinajstić information content (AvgIpc) is 2.64. The van der Waals surface area contributed by atoms with Crippen LogP contribution in [-0.2, 0) is 5.41 Å². The molecule has 4 rings (SSSR count). The number of hydrogen-bond donors (Lipinski definition) is 2. The van der Waals surface area contributed by atoms with Crippen LogP contribution in [0.25, 0.3) is 0 Å². The van der Waals surface area contributed by atoms with Crippen molar-refractivity contribution in [2.45, 2.75) is 11.0 Å². The minimum atomic E-state index is -0.913. The van der Waals surface area contributed by atoms with Crippen LogP contribution in [-0.4, -0.2) is 23.8 Å². The zero-order valence-corrected chi connectivity index (χ0v) is 14.6. The van der Waals surface area contributed by atoms with Gasteiger partial charge in [-0.05, 0) is 28.8 Å². The van der Waals surface area contributed by atoms with E-state index in [0.717, 1.165) is 16.7 Å². The zero-order valence-electron chi connectivity index (χ0n) is 13.8. The van der Waals surface area contributed by atoms with Gasteiger partial charge in [0.1, 0.15) is 5.60 Å². The second kappa shape index (κ2) is 6.30. The largest absolute Gasteiger partial charge is 0.386 e. The maximum absolute atomic E-state index is 11.7. The first kappa shape index (κ1) is 16.3. The lowest BCUT2D eigenvalue weighted by molar-refractivity contribution is -0.0523. The molecule has 0 aromatic heterocycles. The van der Waals surface area contributed by atoms with Gasteiger partial charge >= 0.3 is 0 Å². The third kappa shape index (κ3) is 2.49. The van der Waals surface area contributed by atoms with E-state index in [9.17, 15) is 5.11 Å². The van der Waals surface area contributed by atoms with Gasteiger partial charge in [-0.15, -0.1) is 0 Å². The fourth-order valence-electron chi connectivity index (χ4n) is 4.01. The van der Waals surface area contributed by atoms with E-state index < -0.39 is 11.0 Å². The van der Waals surface area contributed by atoms with E-state index in [-0.39, 0.29) is 0 Å². The molecule has 2 nitrogen and oxygen atoms in total. The first-order chi connectivity index (χ1) is 12.2. The minimum absolute atomic E-state index is 0.541. The highest BCUT2D eigenvalue weighted by molar-refractivity contribution is 6.30. The van der Waals surface area contributed by atoms with Crippen LogP contribution in [0.2, 0.25) is 5.02 Å². The van der Waals surface area contributed by atoms with Crippen LogP contribution >= 0.6 is 11.6 Å². The highest BCUT2D eigenvalue weighted by Gasteiger charge is 2.57. The van der Waals surface area contributed by atoms with Gasteiger partial charge in [-0.3, -0.25) is 0 Å². The molecule has 2 N–H and O–H groups in total. The van der Waals surface area contributed by atoms with Gasteiger partial charge in [0.25, 0.3) is 0 Å². The molecule has 0 aliphatic carbocycles. The Morgan fingerprint density at radius 1 is 0.720 bits per heavy atom. The Bertz CT molecular complexity index is 803. The Balaban J connectivity index is 2.07. The Morgan fingerprint density at radius 3 is 1.56 bits per heavy atom. The summed E-state index contributed by atoms with van der Waals surface area (Å²) in [6, 6.07) is 28.3. The number of aliphatic hydroxyl groups is 1. The van der Waals surface area contributed by atoms with E-state index in [1.54, 1.807) is 0 Å². The lowest BCUT2D eigenvalue weighted by Crippen LogP contribution is -2.71. The number of hydrogen-bond acceptors (Lipinski definition) is 2. The van der Waals surface area contributed by atoms with E-state index in [4.69, 9.17) is 11.6 Å². The molecule has 1 heterocycles. The summed E-state index contributed by atoms with van der Waals surface area (Å²) in [5.41, 5.74) is 1.62. The second-order valence-electron chi connectivity index (χ2n) is 6.62. The van der Waals surface area contributed by atoms with E-state index in [0.29, 0.717) is 18.1 Å². The summed E-state index contributed by atoms with van der Waals surface area (Å²) in [5.74, 6) is 0. The quantitative estimate of drug-likeness (QED) is 0.697. The van der Waals surface area contributed by atoms with Crippen LogP contribution in [0.4, 0.5) is 0 Å². The zero-order chi connectivity index (χ0) is 17.3. The van der Waals surface area contributed by atoms with E-state index >= 15 is 0 Å². The van der Waals surface area contributed by atoms with Crippen LogP contribution in [0.15, 0.2) is 84.9 Å². The van der Waals surface area contributed by atoms with Crippen molar-refractivity contribution in [3.8, 4) is 0 Å². The molecular formula is C22H20ClNO. The molecule has 3 aromatic carbocycles. The maximum atomic E-state index is 11.7. The predicted octanol–water partition coefficient (Wildman–Crippen LogP) is 4.01. The standard InChI is InChI=1S/C22H20ClNO/c23-20-13-11-19(12-14-20)22(21(25)15-24-16-21,17-7-3-1-4-8-17)18-9-5-2-6-10-18/h1-14,24-25H,15-16H2. The molecule has 1 aliphatic heterocycles. The van der Waals surface area contributed by atoms with Crippen molar-refractivity contribution in [2.24, 2.45) is 0 Å². The molecule has 25 heavy (non-hydrogen) atoms. The normalized spacial score (nSPS) is 16.2. The Labute approximate surface area is 153 Å². The number of nitrogens with one attached hydrogen (secondary N) is 1. The van der Waals surface area contributed by atoms with Gasteiger partial charge in [0.15, 0.2) is 0 Å². The summed E-state index contributed by atoms with van der Waals surface area (Å²) in [6.45, 7) is 1.08. The van der Waals surface area contributed by atoms with Crippen LogP contribution in [0.3, 0.4) is 0 Å². The molecule has 3 heteroatoms. The van der Waals surface area contributed by atoms with Crippen molar-refractivity contribution in [1.29, 1.82) is 0 Å². The van der Waals surface area contributed by atoms with Gasteiger partial charge < -0.3 is 10.4 Å². The number of halogens is 1. The highest BCUT2D eigenvalue weighted by Crippen LogP contribution is 2.49. The Morgan fingerprint density at radius 2 is 1.16 bits per heavy atom. The topological polar surface area (TPSA) is 32.3 Å². The molecule has 1 fully saturated rings. The van der Waals surface area contributed by atoms with Gasteiger partial charge in [0.05, 0.1) is 5.41 Å². The molecule has 3 aromatic rings. The summed E-state index contributed by atoms with van der Waals surface area (Å²) in [6.07, 6.45) is 0. The highest BCUT2D eigenvalue weighted by atomic mass is 35.5. The van der Waals surface area contributed by atoms with Crippen molar-refractivity contribution in [3.63, 3.8) is 0 Å². The summed E-state index contributed by atoms with van der Waals surface area (Å²) >= 11 is 6.14. The van der Waals surface area contributed by atoms with Crippen LogP contribution < -0.4 is 5.32 Å². The third-order valence-electron chi connectivity index (χ3n) is 5.22. The SMILES string of the molecule is OC1(C(c2ccccc2)(c2ccccc2)c2ccc(Cl)cc2)CNC1. The fraction of sp³-hybridized carbons (Fsp3) is 0.182. The second-order valence-corrected chi connectivity index (χ2v) is 7.06. The monoisotopic (exact) mass is 349 g/mol. The fourth-order valence-corrected chi connectivity index (χ4v) is 4.14. The Kier molecular flexibility index (Phi) is 4.12. The van der Waals surface area contributed by atoms with Gasteiger partial charge in [0.2, 0.25) is 0 Å². The molecular weight excluding hydrogens is 330 g/mol. The number of benzene rings is 3. The molecule has 0 amide bonds. The molecule has 0 radical (unpaired) electrons. The van der Waals surface area contributed by atoms with Crippen LogP contribution in [0.5, 0.6) is 0 Å². The molecule has 0 atom stereocenters.